The van der Waals surface area contributed by atoms with Crippen LogP contribution in [0.1, 0.15) is 37.4 Å². The summed E-state index contributed by atoms with van der Waals surface area (Å²) < 4.78 is 7.29. The number of para-hydroxylation sites is 1. The second-order valence-corrected chi connectivity index (χ2v) is 9.22. The van der Waals surface area contributed by atoms with Crippen molar-refractivity contribution in [2.75, 3.05) is 31.1 Å². The highest BCUT2D eigenvalue weighted by molar-refractivity contribution is 14.1. The van der Waals surface area contributed by atoms with Crippen LogP contribution in [0.25, 0.3) is 0 Å². The number of aryl methyl sites for hydroxylation is 1. The predicted octanol–water partition coefficient (Wildman–Crippen LogP) is 6.84. The van der Waals surface area contributed by atoms with E-state index in [9.17, 15) is 0 Å². The molecule has 0 N–H and O–H groups in total. The van der Waals surface area contributed by atoms with Gasteiger partial charge in [-0.3, -0.25) is 0 Å². The number of anilines is 2. The molecule has 4 rings (SSSR count). The Balaban J connectivity index is 1.57. The van der Waals surface area contributed by atoms with Crippen molar-refractivity contribution in [2.45, 2.75) is 32.7 Å². The average molecular weight is 526 g/mol. The lowest BCUT2D eigenvalue weighted by molar-refractivity contribution is 0.223. The maximum atomic E-state index is 6.02. The summed E-state index contributed by atoms with van der Waals surface area (Å²) in [6, 6.07) is 26.7. The Labute approximate surface area is 200 Å². The molecule has 1 unspecified atom stereocenters. The molecule has 1 aliphatic heterocycles. The molecule has 3 aromatic rings. The smallest absolute Gasteiger partial charge is 0.119 e. The fraction of sp³-hybridized carbons (Fsp3) is 0.333. The molecule has 1 heterocycles. The van der Waals surface area contributed by atoms with Crippen LogP contribution in [0.5, 0.6) is 5.75 Å². The molecule has 0 radical (unpaired) electrons. The van der Waals surface area contributed by atoms with Gasteiger partial charge in [-0.15, -0.1) is 0 Å². The van der Waals surface area contributed by atoms with Gasteiger partial charge in [0.1, 0.15) is 12.4 Å². The van der Waals surface area contributed by atoms with E-state index in [0.29, 0.717) is 6.04 Å². The van der Waals surface area contributed by atoms with Crippen LogP contribution in [0, 0.1) is 3.57 Å². The van der Waals surface area contributed by atoms with Crippen LogP contribution in [-0.4, -0.2) is 31.1 Å². The Morgan fingerprint density at radius 2 is 1.65 bits per heavy atom. The first-order valence-corrected chi connectivity index (χ1v) is 12.3. The van der Waals surface area contributed by atoms with Crippen LogP contribution in [0.15, 0.2) is 72.8 Å². The summed E-state index contributed by atoms with van der Waals surface area (Å²) in [5.41, 5.74) is 5.32. The summed E-state index contributed by atoms with van der Waals surface area (Å²) in [7, 11) is 0. The van der Waals surface area contributed by atoms with Gasteiger partial charge in [0.15, 0.2) is 0 Å². The van der Waals surface area contributed by atoms with E-state index < -0.39 is 0 Å². The quantitative estimate of drug-likeness (QED) is 0.299. The van der Waals surface area contributed by atoms with Crippen LogP contribution in [0.3, 0.4) is 0 Å². The number of hydrogen-bond acceptors (Lipinski definition) is 3. The van der Waals surface area contributed by atoms with Crippen molar-refractivity contribution in [3.05, 3.63) is 87.5 Å². The monoisotopic (exact) mass is 526 g/mol. The second-order valence-electron chi connectivity index (χ2n) is 7.97. The average Bonchev–Trinajstić information content (AvgIpc) is 2.82. The maximum Gasteiger partial charge on any atom is 0.119 e. The summed E-state index contributed by atoms with van der Waals surface area (Å²) in [5, 5.41) is 0. The van der Waals surface area contributed by atoms with E-state index in [2.05, 4.69) is 119 Å². The van der Waals surface area contributed by atoms with Crippen molar-refractivity contribution in [3.8, 4) is 5.75 Å². The standard InChI is InChI=1S/C27H31IN2O/c1-3-29(4-2)19-20-31-25-16-14-24(15-17-25)30-26-8-6-5-7-21(26)11-18-27(30)22-9-12-23(28)13-10-22/h5-10,12-17,27H,3-4,11,18-20H2,1-2H3. The molecule has 4 heteroatoms. The lowest BCUT2D eigenvalue weighted by Gasteiger charge is -2.39. The lowest BCUT2D eigenvalue weighted by atomic mass is 9.90. The van der Waals surface area contributed by atoms with Crippen LogP contribution < -0.4 is 9.64 Å². The Bertz CT molecular complexity index is 967. The summed E-state index contributed by atoms with van der Waals surface area (Å²) >= 11 is 2.38. The molecule has 3 aromatic carbocycles. The Hall–Kier alpha value is -2.05. The molecular formula is C27H31IN2O. The van der Waals surface area contributed by atoms with E-state index in [1.165, 1.54) is 26.1 Å². The number of benzene rings is 3. The van der Waals surface area contributed by atoms with Crippen molar-refractivity contribution >= 4 is 34.0 Å². The van der Waals surface area contributed by atoms with Crippen molar-refractivity contribution in [2.24, 2.45) is 0 Å². The highest BCUT2D eigenvalue weighted by atomic mass is 127. The van der Waals surface area contributed by atoms with E-state index >= 15 is 0 Å². The van der Waals surface area contributed by atoms with E-state index in [1.807, 2.05) is 0 Å². The summed E-state index contributed by atoms with van der Waals surface area (Å²) in [6.45, 7) is 8.19. The Kier molecular flexibility index (Phi) is 7.51. The zero-order chi connectivity index (χ0) is 21.6. The first kappa shape index (κ1) is 22.2. The molecule has 0 amide bonds. The third-order valence-corrected chi connectivity index (χ3v) is 6.91. The van der Waals surface area contributed by atoms with Crippen LogP contribution in [-0.2, 0) is 6.42 Å². The lowest BCUT2D eigenvalue weighted by Crippen LogP contribution is -2.29. The number of hydrogen-bond donors (Lipinski definition) is 0. The molecule has 0 bridgehead atoms. The first-order valence-electron chi connectivity index (χ1n) is 11.3. The van der Waals surface area contributed by atoms with Gasteiger partial charge >= 0.3 is 0 Å². The van der Waals surface area contributed by atoms with Crippen molar-refractivity contribution in [1.82, 2.24) is 4.90 Å². The van der Waals surface area contributed by atoms with E-state index in [0.717, 1.165) is 44.8 Å². The van der Waals surface area contributed by atoms with Crippen molar-refractivity contribution < 1.29 is 4.74 Å². The van der Waals surface area contributed by atoms with Gasteiger partial charge in [0, 0.05) is 21.5 Å². The Morgan fingerprint density at radius 3 is 2.35 bits per heavy atom. The molecule has 0 spiro atoms. The van der Waals surface area contributed by atoms with Crippen LogP contribution in [0.4, 0.5) is 11.4 Å². The van der Waals surface area contributed by atoms with Gasteiger partial charge in [-0.25, -0.2) is 0 Å². The number of ether oxygens (including phenoxy) is 1. The minimum atomic E-state index is 0.335. The van der Waals surface area contributed by atoms with Gasteiger partial charge in [-0.1, -0.05) is 44.2 Å². The highest BCUT2D eigenvalue weighted by Gasteiger charge is 2.28. The number of nitrogens with zero attached hydrogens (tertiary/aromatic N) is 2. The molecule has 0 aliphatic carbocycles. The first-order chi connectivity index (χ1) is 15.2. The van der Waals surface area contributed by atoms with Gasteiger partial charge in [0.05, 0.1) is 6.04 Å². The summed E-state index contributed by atoms with van der Waals surface area (Å²) in [4.78, 5) is 4.88. The number of fused-ring (bicyclic) bond motifs is 1. The van der Waals surface area contributed by atoms with E-state index in [-0.39, 0.29) is 0 Å². The molecule has 1 aliphatic rings. The molecule has 0 aromatic heterocycles. The molecule has 0 saturated carbocycles. The van der Waals surface area contributed by atoms with E-state index in [1.54, 1.807) is 0 Å². The molecule has 162 valence electrons. The normalized spacial score (nSPS) is 15.7. The molecule has 3 nitrogen and oxygen atoms in total. The Morgan fingerprint density at radius 1 is 0.935 bits per heavy atom. The SMILES string of the molecule is CCN(CC)CCOc1ccc(N2c3ccccc3CCC2c2ccc(I)cc2)cc1. The maximum absolute atomic E-state index is 6.02. The third-order valence-electron chi connectivity index (χ3n) is 6.19. The van der Waals surface area contributed by atoms with Crippen molar-refractivity contribution in [3.63, 3.8) is 0 Å². The van der Waals surface area contributed by atoms with Crippen LogP contribution in [0.2, 0.25) is 0 Å². The van der Waals surface area contributed by atoms with Crippen LogP contribution >= 0.6 is 22.6 Å². The molecule has 0 saturated heterocycles. The van der Waals surface area contributed by atoms with Gasteiger partial charge in [0.25, 0.3) is 0 Å². The second kappa shape index (κ2) is 10.5. The molecule has 31 heavy (non-hydrogen) atoms. The predicted molar refractivity (Wildman–Crippen MR) is 139 cm³/mol. The number of halogens is 1. The van der Waals surface area contributed by atoms with Gasteiger partial charge < -0.3 is 14.5 Å². The van der Waals surface area contributed by atoms with Gasteiger partial charge in [-0.05, 0) is 102 Å². The van der Waals surface area contributed by atoms with Gasteiger partial charge in [0.2, 0.25) is 0 Å². The molecule has 0 fully saturated rings. The van der Waals surface area contributed by atoms with E-state index in [4.69, 9.17) is 4.74 Å². The minimum absolute atomic E-state index is 0.335. The summed E-state index contributed by atoms with van der Waals surface area (Å²) in [5.74, 6) is 0.937. The number of rotatable bonds is 8. The molecule has 1 atom stereocenters. The highest BCUT2D eigenvalue weighted by Crippen LogP contribution is 2.43. The fourth-order valence-electron chi connectivity index (χ4n) is 4.40. The summed E-state index contributed by atoms with van der Waals surface area (Å²) in [6.07, 6.45) is 2.22. The largest absolute Gasteiger partial charge is 0.492 e. The van der Waals surface area contributed by atoms with Gasteiger partial charge in [-0.2, -0.15) is 0 Å². The molecular weight excluding hydrogens is 495 g/mol. The fourth-order valence-corrected chi connectivity index (χ4v) is 4.76. The number of likely N-dealkylation sites (N-methyl/N-ethyl adjacent to an activating group) is 1. The zero-order valence-corrected chi connectivity index (χ0v) is 20.6. The van der Waals surface area contributed by atoms with Crippen molar-refractivity contribution in [1.29, 1.82) is 0 Å². The third kappa shape index (κ3) is 5.24. The topological polar surface area (TPSA) is 15.7 Å². The zero-order valence-electron chi connectivity index (χ0n) is 18.4. The minimum Gasteiger partial charge on any atom is -0.492 e.